The lowest BCUT2D eigenvalue weighted by Crippen LogP contribution is -2.47. The summed E-state index contributed by atoms with van der Waals surface area (Å²) in [5, 5.41) is 6.96. The molecule has 1 aromatic carbocycles. The van der Waals surface area contributed by atoms with E-state index in [2.05, 4.69) is 10.6 Å². The summed E-state index contributed by atoms with van der Waals surface area (Å²) in [5.41, 5.74) is 0.690. The molecule has 29 heavy (non-hydrogen) atoms. The number of rotatable bonds is 7. The fourth-order valence-corrected chi connectivity index (χ4v) is 5.07. The molecule has 0 atom stereocenters. The van der Waals surface area contributed by atoms with Crippen molar-refractivity contribution < 1.29 is 14.3 Å². The van der Waals surface area contributed by atoms with E-state index in [1.165, 1.54) is 19.3 Å². The average Bonchev–Trinajstić information content (AvgIpc) is 2.72. The molecule has 0 spiro atoms. The predicted octanol–water partition coefficient (Wildman–Crippen LogP) is 4.24. The highest BCUT2D eigenvalue weighted by atomic mass is 35.5. The molecule has 1 aliphatic carbocycles. The van der Waals surface area contributed by atoms with Crippen molar-refractivity contribution in [3.8, 4) is 0 Å². The molecule has 0 bridgehead atoms. The van der Waals surface area contributed by atoms with Crippen LogP contribution in [0.4, 0.5) is 0 Å². The molecule has 0 unspecified atom stereocenters. The summed E-state index contributed by atoms with van der Waals surface area (Å²) in [5.74, 6) is 0.246. The first-order valence-electron chi connectivity index (χ1n) is 10.6. The Morgan fingerprint density at radius 3 is 2.45 bits per heavy atom. The van der Waals surface area contributed by atoms with E-state index in [9.17, 15) is 9.59 Å². The van der Waals surface area contributed by atoms with Crippen molar-refractivity contribution in [3.63, 3.8) is 0 Å². The standard InChI is InChI=1S/C22H30Cl2N2O3/c23-17-6-7-18(19(24)13-17)22(8-10-29-11-9-22)15-26-21(28)14-25-20(27)12-16-4-2-1-3-5-16/h6-7,13,16H,1-5,8-12,14-15H2,(H,25,27)(H,26,28). The summed E-state index contributed by atoms with van der Waals surface area (Å²) in [4.78, 5) is 24.5. The second kappa shape index (κ2) is 10.6. The number of hydrogen-bond acceptors (Lipinski definition) is 3. The van der Waals surface area contributed by atoms with E-state index >= 15 is 0 Å². The normalized spacial score (nSPS) is 19.5. The number of carbonyl (C=O) groups is 2. The zero-order chi connectivity index (χ0) is 20.7. The second-order valence-electron chi connectivity index (χ2n) is 8.28. The molecule has 3 rings (SSSR count). The first kappa shape index (κ1) is 22.4. The average molecular weight is 441 g/mol. The van der Waals surface area contributed by atoms with Crippen LogP contribution in [-0.4, -0.2) is 38.1 Å². The van der Waals surface area contributed by atoms with Gasteiger partial charge >= 0.3 is 0 Å². The van der Waals surface area contributed by atoms with Gasteiger partial charge in [0, 0.05) is 41.6 Å². The third-order valence-electron chi connectivity index (χ3n) is 6.22. The third-order valence-corrected chi connectivity index (χ3v) is 6.77. The van der Waals surface area contributed by atoms with Gasteiger partial charge in [0.2, 0.25) is 11.8 Å². The van der Waals surface area contributed by atoms with Gasteiger partial charge in [-0.15, -0.1) is 0 Å². The smallest absolute Gasteiger partial charge is 0.239 e. The Bertz CT molecular complexity index is 714. The highest BCUT2D eigenvalue weighted by molar-refractivity contribution is 6.35. The monoisotopic (exact) mass is 440 g/mol. The number of nitrogens with one attached hydrogen (secondary N) is 2. The quantitative estimate of drug-likeness (QED) is 0.665. The molecule has 2 aliphatic rings. The lowest BCUT2D eigenvalue weighted by atomic mass is 9.74. The number of carbonyl (C=O) groups excluding carboxylic acids is 2. The van der Waals surface area contributed by atoms with Gasteiger partial charge in [0.15, 0.2) is 0 Å². The molecule has 1 heterocycles. The molecule has 1 saturated heterocycles. The second-order valence-corrected chi connectivity index (χ2v) is 9.12. The zero-order valence-corrected chi connectivity index (χ0v) is 18.3. The molecule has 5 nitrogen and oxygen atoms in total. The summed E-state index contributed by atoms with van der Waals surface area (Å²) < 4.78 is 5.53. The van der Waals surface area contributed by atoms with E-state index < -0.39 is 0 Å². The van der Waals surface area contributed by atoms with E-state index in [0.717, 1.165) is 31.2 Å². The minimum atomic E-state index is -0.290. The van der Waals surface area contributed by atoms with E-state index in [-0.39, 0.29) is 23.8 Å². The van der Waals surface area contributed by atoms with Crippen molar-refractivity contribution in [1.82, 2.24) is 10.6 Å². The number of hydrogen-bond donors (Lipinski definition) is 2. The molecule has 160 valence electrons. The molecule has 1 saturated carbocycles. The summed E-state index contributed by atoms with van der Waals surface area (Å²) in [6.07, 6.45) is 7.97. The van der Waals surface area contributed by atoms with Crippen molar-refractivity contribution >= 4 is 35.0 Å². The van der Waals surface area contributed by atoms with Crippen LogP contribution in [0.5, 0.6) is 0 Å². The third kappa shape index (κ3) is 6.34. The lowest BCUT2D eigenvalue weighted by Gasteiger charge is -2.38. The summed E-state index contributed by atoms with van der Waals surface area (Å²) in [6, 6.07) is 5.50. The van der Waals surface area contributed by atoms with E-state index in [4.69, 9.17) is 27.9 Å². The van der Waals surface area contributed by atoms with Crippen LogP contribution >= 0.6 is 23.2 Å². The van der Waals surface area contributed by atoms with Gasteiger partial charge in [-0.2, -0.15) is 0 Å². The Morgan fingerprint density at radius 2 is 1.76 bits per heavy atom. The Hall–Kier alpha value is -1.30. The Kier molecular flexibility index (Phi) is 8.22. The minimum absolute atomic E-state index is 0.00643. The number of halogens is 2. The van der Waals surface area contributed by atoms with Crippen LogP contribution < -0.4 is 10.6 Å². The van der Waals surface area contributed by atoms with Crippen LogP contribution in [-0.2, 0) is 19.7 Å². The van der Waals surface area contributed by atoms with Gasteiger partial charge in [-0.05, 0) is 49.3 Å². The van der Waals surface area contributed by atoms with Gasteiger partial charge in [-0.1, -0.05) is 48.5 Å². The van der Waals surface area contributed by atoms with Crippen LogP contribution in [0, 0.1) is 5.92 Å². The van der Waals surface area contributed by atoms with Crippen molar-refractivity contribution in [2.75, 3.05) is 26.3 Å². The van der Waals surface area contributed by atoms with Crippen LogP contribution in [0.25, 0.3) is 0 Å². The van der Waals surface area contributed by atoms with Crippen LogP contribution in [0.15, 0.2) is 18.2 Å². The Labute approximate surface area is 182 Å². The van der Waals surface area contributed by atoms with E-state index in [1.807, 2.05) is 12.1 Å². The van der Waals surface area contributed by atoms with Crippen LogP contribution in [0.3, 0.4) is 0 Å². The fourth-order valence-electron chi connectivity index (χ4n) is 4.46. The molecule has 0 radical (unpaired) electrons. The van der Waals surface area contributed by atoms with Gasteiger partial charge in [-0.3, -0.25) is 9.59 Å². The van der Waals surface area contributed by atoms with Gasteiger partial charge in [0.05, 0.1) is 6.54 Å². The maximum absolute atomic E-state index is 12.4. The Morgan fingerprint density at radius 1 is 1.03 bits per heavy atom. The maximum Gasteiger partial charge on any atom is 0.239 e. The molecule has 2 N–H and O–H groups in total. The van der Waals surface area contributed by atoms with Gasteiger partial charge in [0.1, 0.15) is 0 Å². The number of amides is 2. The molecule has 0 aromatic heterocycles. The van der Waals surface area contributed by atoms with Crippen molar-refractivity contribution in [2.24, 2.45) is 5.92 Å². The van der Waals surface area contributed by atoms with Gasteiger partial charge in [-0.25, -0.2) is 0 Å². The van der Waals surface area contributed by atoms with Gasteiger partial charge < -0.3 is 15.4 Å². The fraction of sp³-hybridized carbons (Fsp3) is 0.636. The number of benzene rings is 1. The predicted molar refractivity (Wildman–Crippen MR) is 115 cm³/mol. The first-order valence-corrected chi connectivity index (χ1v) is 11.3. The lowest BCUT2D eigenvalue weighted by molar-refractivity contribution is -0.127. The van der Waals surface area contributed by atoms with Crippen molar-refractivity contribution in [1.29, 1.82) is 0 Å². The molecule has 7 heteroatoms. The van der Waals surface area contributed by atoms with Crippen molar-refractivity contribution in [3.05, 3.63) is 33.8 Å². The van der Waals surface area contributed by atoms with E-state index in [0.29, 0.717) is 42.1 Å². The molecular formula is C22H30Cl2N2O3. The Balaban J connectivity index is 1.52. The summed E-state index contributed by atoms with van der Waals surface area (Å²) in [6.45, 7) is 1.70. The summed E-state index contributed by atoms with van der Waals surface area (Å²) >= 11 is 12.5. The first-order chi connectivity index (χ1) is 14.0. The van der Waals surface area contributed by atoms with Crippen LogP contribution in [0.1, 0.15) is 56.9 Å². The highest BCUT2D eigenvalue weighted by Crippen LogP contribution is 2.39. The molecule has 2 amide bonds. The molecular weight excluding hydrogens is 411 g/mol. The largest absolute Gasteiger partial charge is 0.381 e. The van der Waals surface area contributed by atoms with Crippen LogP contribution in [0.2, 0.25) is 10.0 Å². The zero-order valence-electron chi connectivity index (χ0n) is 16.8. The minimum Gasteiger partial charge on any atom is -0.381 e. The molecule has 1 aromatic rings. The SMILES string of the molecule is O=C(CNC(=O)CC1CCCCC1)NCC1(c2ccc(Cl)cc2Cl)CCOCC1. The number of ether oxygens (including phenoxy) is 1. The van der Waals surface area contributed by atoms with Gasteiger partial charge in [0.25, 0.3) is 0 Å². The van der Waals surface area contributed by atoms with E-state index in [1.54, 1.807) is 6.07 Å². The highest BCUT2D eigenvalue weighted by Gasteiger charge is 2.36. The van der Waals surface area contributed by atoms with Crippen molar-refractivity contribution in [2.45, 2.75) is 56.8 Å². The maximum atomic E-state index is 12.4. The topological polar surface area (TPSA) is 67.4 Å². The molecule has 2 fully saturated rings. The summed E-state index contributed by atoms with van der Waals surface area (Å²) in [7, 11) is 0. The molecule has 1 aliphatic heterocycles.